The van der Waals surface area contributed by atoms with Gasteiger partial charge in [0.25, 0.3) is 10.0 Å². The number of sulfonamides is 1. The molecule has 11 heteroatoms. The van der Waals surface area contributed by atoms with E-state index in [0.717, 1.165) is 23.2 Å². The molecule has 0 aliphatic carbocycles. The molecule has 0 radical (unpaired) electrons. The summed E-state index contributed by atoms with van der Waals surface area (Å²) in [5.41, 5.74) is 0. The molecule has 2 atom stereocenters. The number of aromatic nitrogens is 1. The first-order valence-electron chi connectivity index (χ1n) is 7.00. The van der Waals surface area contributed by atoms with Crippen LogP contribution >= 0.6 is 11.6 Å². The summed E-state index contributed by atoms with van der Waals surface area (Å²) < 4.78 is 64.9. The Morgan fingerprint density at radius 1 is 1.46 bits per heavy atom. The Labute approximate surface area is 142 Å². The van der Waals surface area contributed by atoms with Crippen LogP contribution < -0.4 is 4.72 Å². The minimum Gasteiger partial charge on any atom is -0.323 e. The SMILES string of the molecule is CC1CCN(C(=O)NS(=O)(=O)c2ccnc(Cl)c2)CC1C(F)(F)F. The molecule has 1 aromatic rings. The Kier molecular flexibility index (Phi) is 5.28. The number of carbonyl (C=O) groups excluding carboxylic acids is 1. The van der Waals surface area contributed by atoms with Gasteiger partial charge in [-0.2, -0.15) is 13.2 Å². The summed E-state index contributed by atoms with van der Waals surface area (Å²) in [7, 11) is -4.24. The second-order valence-corrected chi connectivity index (χ2v) is 7.65. The number of likely N-dealkylation sites (tertiary alicyclic amines) is 1. The number of halogens is 4. The standard InChI is InChI=1S/C13H15ClF3N3O3S/c1-8-3-5-20(7-10(8)13(15,16)17)12(21)19-24(22,23)9-2-4-18-11(14)6-9/h2,4,6,8,10H,3,5,7H2,1H3,(H,19,21). The number of amides is 2. The molecular formula is C13H15ClF3N3O3S. The highest BCUT2D eigenvalue weighted by molar-refractivity contribution is 7.90. The fraction of sp³-hybridized carbons (Fsp3) is 0.538. The molecular weight excluding hydrogens is 371 g/mol. The van der Waals surface area contributed by atoms with Crippen molar-refractivity contribution in [3.05, 3.63) is 23.5 Å². The predicted molar refractivity (Wildman–Crippen MR) is 79.9 cm³/mol. The maximum absolute atomic E-state index is 13.0. The van der Waals surface area contributed by atoms with Crippen molar-refractivity contribution in [3.8, 4) is 0 Å². The van der Waals surface area contributed by atoms with Gasteiger partial charge in [0, 0.05) is 19.3 Å². The van der Waals surface area contributed by atoms with Crippen LogP contribution in [0.3, 0.4) is 0 Å². The molecule has 1 aliphatic heterocycles. The van der Waals surface area contributed by atoms with Crippen molar-refractivity contribution in [2.45, 2.75) is 24.4 Å². The van der Waals surface area contributed by atoms with Crippen molar-refractivity contribution in [1.29, 1.82) is 0 Å². The zero-order chi connectivity index (χ0) is 18.1. The molecule has 2 unspecified atom stereocenters. The van der Waals surface area contributed by atoms with Gasteiger partial charge in [-0.25, -0.2) is 22.9 Å². The van der Waals surface area contributed by atoms with Crippen molar-refractivity contribution in [2.75, 3.05) is 13.1 Å². The first kappa shape index (κ1) is 18.8. The summed E-state index contributed by atoms with van der Waals surface area (Å²) in [5.74, 6) is -2.32. The molecule has 0 bridgehead atoms. The number of carbonyl (C=O) groups is 1. The average molecular weight is 386 g/mol. The maximum Gasteiger partial charge on any atom is 0.393 e. The largest absolute Gasteiger partial charge is 0.393 e. The normalized spacial score (nSPS) is 22.3. The molecule has 1 fully saturated rings. The Morgan fingerprint density at radius 3 is 2.71 bits per heavy atom. The van der Waals surface area contributed by atoms with E-state index in [2.05, 4.69) is 4.98 Å². The molecule has 0 spiro atoms. The fourth-order valence-electron chi connectivity index (χ4n) is 2.47. The quantitative estimate of drug-likeness (QED) is 0.794. The van der Waals surface area contributed by atoms with E-state index in [9.17, 15) is 26.4 Å². The van der Waals surface area contributed by atoms with Crippen LogP contribution in [0.25, 0.3) is 0 Å². The zero-order valence-electron chi connectivity index (χ0n) is 12.5. The predicted octanol–water partition coefficient (Wildman–Crippen LogP) is 2.65. The molecule has 1 aromatic heterocycles. The van der Waals surface area contributed by atoms with Gasteiger partial charge < -0.3 is 4.90 Å². The monoisotopic (exact) mass is 385 g/mol. The van der Waals surface area contributed by atoms with E-state index < -0.39 is 40.6 Å². The van der Waals surface area contributed by atoms with Crippen molar-refractivity contribution in [3.63, 3.8) is 0 Å². The Balaban J connectivity index is 2.12. The van der Waals surface area contributed by atoms with Gasteiger partial charge in [-0.15, -0.1) is 0 Å². The van der Waals surface area contributed by atoms with Crippen molar-refractivity contribution in [1.82, 2.24) is 14.6 Å². The van der Waals surface area contributed by atoms with E-state index >= 15 is 0 Å². The number of pyridine rings is 1. The van der Waals surface area contributed by atoms with E-state index in [1.54, 1.807) is 4.72 Å². The smallest absolute Gasteiger partial charge is 0.323 e. The van der Waals surface area contributed by atoms with E-state index in [1.807, 2.05) is 0 Å². The van der Waals surface area contributed by atoms with E-state index in [1.165, 1.54) is 6.92 Å². The average Bonchev–Trinajstić information content (AvgIpc) is 2.46. The van der Waals surface area contributed by atoms with E-state index in [4.69, 9.17) is 11.6 Å². The number of nitrogens with one attached hydrogen (secondary N) is 1. The third-order valence-corrected chi connectivity index (χ3v) is 5.42. The molecule has 24 heavy (non-hydrogen) atoms. The molecule has 1 N–H and O–H groups in total. The summed E-state index contributed by atoms with van der Waals surface area (Å²) in [6, 6.07) is 1.07. The Hall–Kier alpha value is -1.55. The first-order chi connectivity index (χ1) is 11.0. The number of hydrogen-bond donors (Lipinski definition) is 1. The minimum atomic E-state index is -4.45. The molecule has 0 aromatic carbocycles. The van der Waals surface area contributed by atoms with Gasteiger partial charge in [-0.1, -0.05) is 18.5 Å². The number of alkyl halides is 3. The van der Waals surface area contributed by atoms with Gasteiger partial charge >= 0.3 is 12.2 Å². The first-order valence-corrected chi connectivity index (χ1v) is 8.87. The highest BCUT2D eigenvalue weighted by Crippen LogP contribution is 2.37. The van der Waals surface area contributed by atoms with Gasteiger partial charge in [0.15, 0.2) is 0 Å². The second-order valence-electron chi connectivity index (χ2n) is 5.58. The second kappa shape index (κ2) is 6.75. The van der Waals surface area contributed by atoms with Crippen LogP contribution in [0, 0.1) is 11.8 Å². The molecule has 1 saturated heterocycles. The molecule has 2 rings (SSSR count). The Morgan fingerprint density at radius 2 is 2.12 bits per heavy atom. The van der Waals surface area contributed by atoms with Crippen LogP contribution in [0.2, 0.25) is 5.15 Å². The van der Waals surface area contributed by atoms with E-state index in [0.29, 0.717) is 0 Å². The molecule has 6 nitrogen and oxygen atoms in total. The molecule has 1 aliphatic rings. The summed E-state index contributed by atoms with van der Waals surface area (Å²) >= 11 is 5.60. The highest BCUT2D eigenvalue weighted by atomic mass is 35.5. The summed E-state index contributed by atoms with van der Waals surface area (Å²) in [4.78, 5) is 16.3. The molecule has 2 amide bonds. The topological polar surface area (TPSA) is 79.4 Å². The lowest BCUT2D eigenvalue weighted by Crippen LogP contribution is -2.52. The van der Waals surface area contributed by atoms with Crippen LogP contribution in [0.1, 0.15) is 13.3 Å². The third-order valence-electron chi connectivity index (χ3n) is 3.90. The van der Waals surface area contributed by atoms with Crippen LogP contribution in [0.5, 0.6) is 0 Å². The number of hydrogen-bond acceptors (Lipinski definition) is 4. The third kappa shape index (κ3) is 4.29. The van der Waals surface area contributed by atoms with Crippen LogP contribution in [-0.2, 0) is 10.0 Å². The van der Waals surface area contributed by atoms with Crippen molar-refractivity contribution in [2.24, 2.45) is 11.8 Å². The summed E-state index contributed by atoms with van der Waals surface area (Å²) in [6.45, 7) is 0.929. The zero-order valence-corrected chi connectivity index (χ0v) is 14.1. The molecule has 134 valence electrons. The van der Waals surface area contributed by atoms with Gasteiger partial charge in [-0.05, 0) is 24.5 Å². The lowest BCUT2D eigenvalue weighted by Gasteiger charge is -2.37. The number of rotatable bonds is 2. The lowest BCUT2D eigenvalue weighted by molar-refractivity contribution is -0.196. The maximum atomic E-state index is 13.0. The van der Waals surface area contributed by atoms with Gasteiger partial charge in [-0.3, -0.25) is 0 Å². The van der Waals surface area contributed by atoms with Crippen LogP contribution in [0.15, 0.2) is 23.2 Å². The fourth-order valence-corrected chi connectivity index (χ4v) is 3.69. The van der Waals surface area contributed by atoms with Gasteiger partial charge in [0.1, 0.15) is 5.15 Å². The van der Waals surface area contributed by atoms with Crippen LogP contribution in [-0.4, -0.2) is 43.6 Å². The molecule has 2 heterocycles. The van der Waals surface area contributed by atoms with Crippen LogP contribution in [0.4, 0.5) is 18.0 Å². The minimum absolute atomic E-state index is 0.0478. The van der Waals surface area contributed by atoms with Gasteiger partial charge in [0.2, 0.25) is 0 Å². The van der Waals surface area contributed by atoms with Crippen molar-refractivity contribution < 1.29 is 26.4 Å². The Bertz CT molecular complexity index is 727. The highest BCUT2D eigenvalue weighted by Gasteiger charge is 2.46. The van der Waals surface area contributed by atoms with E-state index in [-0.39, 0.29) is 23.0 Å². The lowest BCUT2D eigenvalue weighted by atomic mass is 9.87. The van der Waals surface area contributed by atoms with Gasteiger partial charge in [0.05, 0.1) is 10.8 Å². The summed E-state index contributed by atoms with van der Waals surface area (Å²) in [5, 5.41) is -0.0887. The summed E-state index contributed by atoms with van der Waals surface area (Å²) in [6.07, 6.45) is -3.17. The number of urea groups is 1. The number of piperidine rings is 1. The number of nitrogens with zero attached hydrogens (tertiary/aromatic N) is 2. The van der Waals surface area contributed by atoms with Crippen molar-refractivity contribution >= 4 is 27.7 Å². The molecule has 0 saturated carbocycles.